The summed E-state index contributed by atoms with van der Waals surface area (Å²) in [6, 6.07) is 4.13. The zero-order valence-corrected chi connectivity index (χ0v) is 17.3. The number of halogens is 1. The van der Waals surface area contributed by atoms with Gasteiger partial charge in [-0.25, -0.2) is 9.18 Å². The van der Waals surface area contributed by atoms with E-state index < -0.39 is 24.1 Å². The molecule has 2 unspecified atom stereocenters. The molecule has 0 aromatic heterocycles. The Morgan fingerprint density at radius 1 is 1.41 bits per heavy atom. The molecular formula is C19H27FN4O4S. The average molecular weight is 427 g/mol. The van der Waals surface area contributed by atoms with Gasteiger partial charge in [-0.15, -0.1) is 0 Å². The van der Waals surface area contributed by atoms with Crippen LogP contribution in [0.3, 0.4) is 0 Å². The van der Waals surface area contributed by atoms with Gasteiger partial charge in [0.25, 0.3) is 0 Å². The van der Waals surface area contributed by atoms with E-state index in [4.69, 9.17) is 15.2 Å². The summed E-state index contributed by atoms with van der Waals surface area (Å²) in [5, 5.41) is 2.72. The van der Waals surface area contributed by atoms with Gasteiger partial charge in [0.05, 0.1) is 43.7 Å². The minimum absolute atomic E-state index is 0.169. The number of hydrogen-bond donors (Lipinski definition) is 2. The largest absolute Gasteiger partial charge is 0.442 e. The summed E-state index contributed by atoms with van der Waals surface area (Å²) in [7, 11) is 0. The van der Waals surface area contributed by atoms with Gasteiger partial charge in [-0.05, 0) is 36.6 Å². The van der Waals surface area contributed by atoms with Crippen LogP contribution in [0, 0.1) is 5.82 Å². The number of ether oxygens (including phenoxy) is 2. The van der Waals surface area contributed by atoms with E-state index in [9.17, 15) is 14.0 Å². The summed E-state index contributed by atoms with van der Waals surface area (Å²) >= 11 is 1.62. The number of rotatable bonds is 8. The van der Waals surface area contributed by atoms with E-state index >= 15 is 0 Å². The van der Waals surface area contributed by atoms with Crippen LogP contribution in [0.1, 0.15) is 6.42 Å². The van der Waals surface area contributed by atoms with Crippen LogP contribution in [0.5, 0.6) is 0 Å². The normalized spacial score (nSPS) is 20.5. The van der Waals surface area contributed by atoms with Crippen LogP contribution < -0.4 is 20.9 Å². The van der Waals surface area contributed by atoms with Crippen LogP contribution in [0.15, 0.2) is 18.2 Å². The highest BCUT2D eigenvalue weighted by Gasteiger charge is 2.33. The van der Waals surface area contributed by atoms with E-state index in [2.05, 4.69) is 5.32 Å². The van der Waals surface area contributed by atoms with Crippen LogP contribution in [-0.2, 0) is 14.3 Å². The fraction of sp³-hybridized carbons (Fsp3) is 0.579. The number of benzene rings is 1. The molecule has 0 aliphatic carbocycles. The zero-order chi connectivity index (χ0) is 20.8. The molecule has 3 N–H and O–H groups in total. The summed E-state index contributed by atoms with van der Waals surface area (Å²) in [5.74, 6) is 0.135. The average Bonchev–Trinajstić information content (AvgIpc) is 3.11. The van der Waals surface area contributed by atoms with E-state index in [0.29, 0.717) is 44.1 Å². The van der Waals surface area contributed by atoms with E-state index in [0.717, 1.165) is 5.75 Å². The molecule has 8 nitrogen and oxygen atoms in total. The molecule has 3 rings (SSSR count). The minimum Gasteiger partial charge on any atom is -0.442 e. The lowest BCUT2D eigenvalue weighted by Crippen LogP contribution is -2.44. The third-order valence-electron chi connectivity index (χ3n) is 4.94. The number of morpholine rings is 1. The number of anilines is 2. The first-order chi connectivity index (χ1) is 14.0. The molecule has 160 valence electrons. The van der Waals surface area contributed by atoms with E-state index in [1.807, 2.05) is 11.2 Å². The number of nitrogens with zero attached hydrogens (tertiary/aromatic N) is 2. The highest BCUT2D eigenvalue weighted by atomic mass is 32.2. The lowest BCUT2D eigenvalue weighted by molar-refractivity contribution is -0.122. The Balaban J connectivity index is 1.56. The molecule has 2 amide bonds. The molecule has 2 atom stereocenters. The second-order valence-electron chi connectivity index (χ2n) is 6.98. The van der Waals surface area contributed by atoms with Gasteiger partial charge in [-0.3, -0.25) is 9.69 Å². The number of hydrogen-bond acceptors (Lipinski definition) is 7. The predicted octanol–water partition coefficient (Wildman–Crippen LogP) is 1.18. The molecule has 2 aliphatic heterocycles. The second kappa shape index (κ2) is 10.1. The maximum Gasteiger partial charge on any atom is 0.414 e. The summed E-state index contributed by atoms with van der Waals surface area (Å²) in [4.78, 5) is 27.5. The second-order valence-corrected chi connectivity index (χ2v) is 7.97. The Morgan fingerprint density at radius 2 is 2.17 bits per heavy atom. The van der Waals surface area contributed by atoms with Crippen molar-refractivity contribution in [2.45, 2.75) is 18.6 Å². The topological polar surface area (TPSA) is 97.1 Å². The van der Waals surface area contributed by atoms with E-state index in [1.54, 1.807) is 23.9 Å². The van der Waals surface area contributed by atoms with E-state index in [-0.39, 0.29) is 19.0 Å². The van der Waals surface area contributed by atoms with Gasteiger partial charge in [-0.2, -0.15) is 11.8 Å². The summed E-state index contributed by atoms with van der Waals surface area (Å²) in [5.41, 5.74) is 6.75. The Bertz CT molecular complexity index is 732. The molecule has 2 fully saturated rings. The molecule has 0 bridgehead atoms. The van der Waals surface area contributed by atoms with Crippen LogP contribution in [0.2, 0.25) is 0 Å². The summed E-state index contributed by atoms with van der Waals surface area (Å²) in [6.07, 6.45) is 1.46. The van der Waals surface area contributed by atoms with Crippen LogP contribution in [0.4, 0.5) is 20.6 Å². The molecule has 0 radical (unpaired) electrons. The number of thioether (sulfide) groups is 1. The highest BCUT2D eigenvalue weighted by Crippen LogP contribution is 2.28. The van der Waals surface area contributed by atoms with Gasteiger partial charge in [0.15, 0.2) is 0 Å². The molecule has 2 saturated heterocycles. The van der Waals surface area contributed by atoms with Crippen LogP contribution in [-0.4, -0.2) is 75.5 Å². The Labute approximate surface area is 173 Å². The van der Waals surface area contributed by atoms with Crippen molar-refractivity contribution in [1.29, 1.82) is 0 Å². The molecule has 2 aliphatic rings. The van der Waals surface area contributed by atoms with Gasteiger partial charge in [0.2, 0.25) is 5.91 Å². The van der Waals surface area contributed by atoms with Gasteiger partial charge in [0.1, 0.15) is 11.9 Å². The third-order valence-corrected chi connectivity index (χ3v) is 5.59. The van der Waals surface area contributed by atoms with Crippen molar-refractivity contribution >= 4 is 35.1 Å². The van der Waals surface area contributed by atoms with Crippen molar-refractivity contribution in [3.05, 3.63) is 24.0 Å². The first-order valence-corrected chi connectivity index (χ1v) is 11.0. The van der Waals surface area contributed by atoms with Gasteiger partial charge >= 0.3 is 6.09 Å². The maximum atomic E-state index is 14.6. The molecule has 1 aromatic carbocycles. The molecule has 1 aromatic rings. The van der Waals surface area contributed by atoms with Gasteiger partial charge in [-0.1, -0.05) is 0 Å². The van der Waals surface area contributed by atoms with Crippen molar-refractivity contribution < 1.29 is 23.5 Å². The first kappa shape index (κ1) is 21.7. The summed E-state index contributed by atoms with van der Waals surface area (Å²) < 4.78 is 25.2. The fourth-order valence-electron chi connectivity index (χ4n) is 3.28. The number of nitrogens with one attached hydrogen (secondary N) is 1. The predicted molar refractivity (Wildman–Crippen MR) is 111 cm³/mol. The van der Waals surface area contributed by atoms with Crippen molar-refractivity contribution in [3.63, 3.8) is 0 Å². The van der Waals surface area contributed by atoms with Crippen molar-refractivity contribution in [1.82, 2.24) is 5.32 Å². The number of amides is 2. The number of carbonyl (C=O) groups is 2. The number of nitrogens with two attached hydrogens (primary N) is 1. The van der Waals surface area contributed by atoms with Crippen LogP contribution >= 0.6 is 11.8 Å². The molecule has 10 heteroatoms. The number of carbonyl (C=O) groups excluding carboxylic acids is 2. The smallest absolute Gasteiger partial charge is 0.414 e. The van der Waals surface area contributed by atoms with E-state index in [1.165, 1.54) is 11.0 Å². The molecule has 0 saturated carbocycles. The quantitative estimate of drug-likeness (QED) is 0.644. The fourth-order valence-corrected chi connectivity index (χ4v) is 3.77. The molecule has 29 heavy (non-hydrogen) atoms. The Hall–Kier alpha value is -2.04. The lowest BCUT2D eigenvalue weighted by atomic mass is 10.2. The van der Waals surface area contributed by atoms with Crippen molar-refractivity contribution in [2.75, 3.05) is 61.2 Å². The molecule has 0 spiro atoms. The SMILES string of the molecule is CSCCC(N)C(=O)NCC1CN(c2ccc(N3CCOCC3)c(F)c2)C(=O)O1. The number of cyclic esters (lactones) is 1. The Morgan fingerprint density at radius 3 is 2.86 bits per heavy atom. The highest BCUT2D eigenvalue weighted by molar-refractivity contribution is 7.98. The van der Waals surface area contributed by atoms with Crippen molar-refractivity contribution in [3.8, 4) is 0 Å². The zero-order valence-electron chi connectivity index (χ0n) is 16.4. The minimum atomic E-state index is -0.586. The molecular weight excluding hydrogens is 399 g/mol. The first-order valence-electron chi connectivity index (χ1n) is 9.62. The van der Waals surface area contributed by atoms with Gasteiger partial charge in [0, 0.05) is 13.1 Å². The van der Waals surface area contributed by atoms with Crippen molar-refractivity contribution in [2.24, 2.45) is 5.73 Å². The lowest BCUT2D eigenvalue weighted by Gasteiger charge is -2.29. The maximum absolute atomic E-state index is 14.6. The summed E-state index contributed by atoms with van der Waals surface area (Å²) in [6.45, 7) is 2.78. The Kier molecular flexibility index (Phi) is 7.57. The standard InChI is InChI=1S/C19H27FN4O4S/c1-29-9-4-16(21)18(25)22-11-14-12-24(19(26)28-14)13-2-3-17(15(20)10-13)23-5-7-27-8-6-23/h2-3,10,14,16H,4-9,11-12,21H2,1H3,(H,22,25). The molecule has 2 heterocycles. The van der Waals surface area contributed by atoms with Gasteiger partial charge < -0.3 is 25.4 Å². The third kappa shape index (κ3) is 5.52. The van der Waals surface area contributed by atoms with Crippen LogP contribution in [0.25, 0.3) is 0 Å². The monoisotopic (exact) mass is 426 g/mol.